The topological polar surface area (TPSA) is 54.7 Å². The van der Waals surface area contributed by atoms with Crippen LogP contribution in [0.5, 0.6) is 11.6 Å². The van der Waals surface area contributed by atoms with Crippen LogP contribution in [-0.4, -0.2) is 28.6 Å². The number of nitrogens with zero attached hydrogens (tertiary/aromatic N) is 2. The Kier molecular flexibility index (Phi) is 11.4. The average Bonchev–Trinajstić information content (AvgIpc) is 3.42. The molecule has 0 N–H and O–H groups in total. The van der Waals surface area contributed by atoms with Crippen molar-refractivity contribution >= 4 is 0 Å². The van der Waals surface area contributed by atoms with Crippen LogP contribution in [0, 0.1) is 6.92 Å². The van der Waals surface area contributed by atoms with E-state index in [9.17, 15) is 0 Å². The first-order valence-electron chi connectivity index (χ1n) is 17.0. The van der Waals surface area contributed by atoms with Crippen LogP contribution in [0.25, 0.3) is 0 Å². The Balaban J connectivity index is 1.17. The van der Waals surface area contributed by atoms with Crippen LogP contribution >= 0.6 is 0 Å². The predicted octanol–water partition coefficient (Wildman–Crippen LogP) is 9.21. The van der Waals surface area contributed by atoms with Gasteiger partial charge in [0.15, 0.2) is 0 Å². The zero-order valence-corrected chi connectivity index (χ0v) is 28.3. The van der Waals surface area contributed by atoms with Gasteiger partial charge in [0.2, 0.25) is 5.88 Å². The molecule has 2 unspecified atom stereocenters. The van der Waals surface area contributed by atoms with E-state index in [-0.39, 0.29) is 18.2 Å². The molecule has 4 aromatic carbocycles. The van der Waals surface area contributed by atoms with E-state index in [0.29, 0.717) is 38.7 Å². The van der Waals surface area contributed by atoms with Crippen molar-refractivity contribution in [3.05, 3.63) is 160 Å². The van der Waals surface area contributed by atoms with E-state index in [0.717, 1.165) is 46.5 Å². The van der Waals surface area contributed by atoms with Gasteiger partial charge in [-0.25, -0.2) is 0 Å². The first-order chi connectivity index (χ1) is 23.5. The van der Waals surface area contributed by atoms with Crippen LogP contribution in [-0.2, 0) is 35.7 Å². The zero-order valence-electron chi connectivity index (χ0n) is 28.3. The van der Waals surface area contributed by atoms with Crippen molar-refractivity contribution in [3.63, 3.8) is 0 Å². The molecule has 0 saturated carbocycles. The van der Waals surface area contributed by atoms with Gasteiger partial charge in [0.1, 0.15) is 18.5 Å². The summed E-state index contributed by atoms with van der Waals surface area (Å²) in [6, 6.07) is 39.4. The molecule has 0 fully saturated rings. The van der Waals surface area contributed by atoms with Crippen LogP contribution in [0.1, 0.15) is 66.2 Å². The Morgan fingerprint density at radius 1 is 0.708 bits per heavy atom. The fourth-order valence-corrected chi connectivity index (χ4v) is 6.13. The fraction of sp³-hybridized carbons (Fsp3) is 0.310. The van der Waals surface area contributed by atoms with Gasteiger partial charge in [-0.2, -0.15) is 0 Å². The molecular weight excluding hydrogens is 596 g/mol. The number of rotatable bonds is 15. The molecule has 6 nitrogen and oxygen atoms in total. The fourth-order valence-electron chi connectivity index (χ4n) is 6.13. The molecule has 48 heavy (non-hydrogen) atoms. The number of hydrogen-bond acceptors (Lipinski definition) is 5. The van der Waals surface area contributed by atoms with Gasteiger partial charge in [-0.1, -0.05) is 103 Å². The lowest BCUT2D eigenvalue weighted by Crippen LogP contribution is -2.30. The lowest BCUT2D eigenvalue weighted by molar-refractivity contribution is 0.00690. The van der Waals surface area contributed by atoms with E-state index >= 15 is 0 Å². The zero-order chi connectivity index (χ0) is 33.1. The summed E-state index contributed by atoms with van der Waals surface area (Å²) in [5.41, 5.74) is 8.06. The Labute approximate surface area is 284 Å². The first-order valence-corrected chi connectivity index (χ1v) is 17.0. The Morgan fingerprint density at radius 2 is 1.31 bits per heavy atom. The van der Waals surface area contributed by atoms with Crippen molar-refractivity contribution in [2.24, 2.45) is 0 Å². The van der Waals surface area contributed by atoms with E-state index in [1.54, 1.807) is 0 Å². The van der Waals surface area contributed by atoms with Gasteiger partial charge in [0.05, 0.1) is 25.9 Å². The molecule has 248 valence electrons. The summed E-state index contributed by atoms with van der Waals surface area (Å²) in [5, 5.41) is 4.99. The highest BCUT2D eigenvalue weighted by Crippen LogP contribution is 2.32. The predicted molar refractivity (Wildman–Crippen MR) is 190 cm³/mol. The second-order valence-corrected chi connectivity index (χ2v) is 12.8. The highest BCUT2D eigenvalue weighted by Gasteiger charge is 2.27. The van der Waals surface area contributed by atoms with Crippen molar-refractivity contribution in [1.29, 1.82) is 0 Å². The van der Waals surface area contributed by atoms with E-state index in [4.69, 9.17) is 24.0 Å². The SMILES string of the molecule is Cc1c(Cc2ccc(OCc3ccccc3)cc2)c(OC2C=C(COCc3ccccc3)CC(OCc3ccccc3)C2)nn1C(C)C. The van der Waals surface area contributed by atoms with Crippen molar-refractivity contribution in [1.82, 2.24) is 9.78 Å². The highest BCUT2D eigenvalue weighted by molar-refractivity contribution is 5.39. The number of benzene rings is 4. The Morgan fingerprint density at radius 3 is 1.94 bits per heavy atom. The lowest BCUT2D eigenvalue weighted by atomic mass is 9.94. The van der Waals surface area contributed by atoms with Crippen molar-refractivity contribution in [3.8, 4) is 11.6 Å². The molecule has 6 rings (SSSR count). The molecule has 0 radical (unpaired) electrons. The van der Waals surface area contributed by atoms with Crippen LogP contribution in [0.3, 0.4) is 0 Å². The van der Waals surface area contributed by atoms with E-state index in [2.05, 4.69) is 92.2 Å². The van der Waals surface area contributed by atoms with Gasteiger partial charge in [-0.05, 0) is 73.2 Å². The summed E-state index contributed by atoms with van der Waals surface area (Å²) < 4.78 is 27.5. The van der Waals surface area contributed by atoms with Gasteiger partial charge < -0.3 is 18.9 Å². The molecule has 0 spiro atoms. The number of ether oxygens (including phenoxy) is 4. The third kappa shape index (κ3) is 9.24. The molecule has 0 aliphatic heterocycles. The van der Waals surface area contributed by atoms with E-state index < -0.39 is 0 Å². The van der Waals surface area contributed by atoms with Crippen molar-refractivity contribution < 1.29 is 18.9 Å². The normalized spacial score (nSPS) is 16.1. The summed E-state index contributed by atoms with van der Waals surface area (Å²) in [5.74, 6) is 1.53. The third-order valence-electron chi connectivity index (χ3n) is 8.68. The first kappa shape index (κ1) is 33.3. The van der Waals surface area contributed by atoms with Crippen molar-refractivity contribution in [2.75, 3.05) is 6.61 Å². The van der Waals surface area contributed by atoms with Gasteiger partial charge in [-0.15, -0.1) is 5.10 Å². The quantitative estimate of drug-likeness (QED) is 0.107. The molecule has 5 aromatic rings. The van der Waals surface area contributed by atoms with Crippen molar-refractivity contribution in [2.45, 2.75) is 78.1 Å². The molecule has 0 saturated heterocycles. The van der Waals surface area contributed by atoms with Crippen LogP contribution in [0.2, 0.25) is 0 Å². The molecule has 6 heteroatoms. The van der Waals surface area contributed by atoms with E-state index in [1.165, 1.54) is 11.1 Å². The molecule has 1 aromatic heterocycles. The molecule has 1 aliphatic carbocycles. The lowest BCUT2D eigenvalue weighted by Gasteiger charge is -2.29. The minimum absolute atomic E-state index is 0.00990. The molecule has 0 amide bonds. The van der Waals surface area contributed by atoms with Crippen LogP contribution < -0.4 is 9.47 Å². The monoisotopic (exact) mass is 642 g/mol. The number of aromatic nitrogens is 2. The molecule has 1 heterocycles. The number of hydrogen-bond donors (Lipinski definition) is 0. The maximum absolute atomic E-state index is 6.79. The highest BCUT2D eigenvalue weighted by atomic mass is 16.5. The smallest absolute Gasteiger partial charge is 0.237 e. The summed E-state index contributed by atoms with van der Waals surface area (Å²) in [6.45, 7) is 8.65. The minimum atomic E-state index is -0.183. The summed E-state index contributed by atoms with van der Waals surface area (Å²) in [7, 11) is 0. The molecule has 1 aliphatic rings. The van der Waals surface area contributed by atoms with Gasteiger partial charge in [0, 0.05) is 30.1 Å². The standard InChI is InChI=1S/C42H46N2O4/c1-31(2)44-32(3)41(25-33-19-21-38(22-20-33)46-29-35-15-9-5-10-16-35)42(43-44)48-40-24-37(28-45-27-34-13-7-4-8-14-34)23-39(26-40)47-30-36-17-11-6-12-18-36/h4-22,24,31,39-40H,23,25-30H2,1-3H3. The minimum Gasteiger partial charge on any atom is -0.489 e. The van der Waals surface area contributed by atoms with Crippen LogP contribution in [0.4, 0.5) is 0 Å². The van der Waals surface area contributed by atoms with Gasteiger partial charge in [0.25, 0.3) is 0 Å². The molecule has 0 bridgehead atoms. The second-order valence-electron chi connectivity index (χ2n) is 12.8. The summed E-state index contributed by atoms with van der Waals surface area (Å²) in [4.78, 5) is 0. The molecule has 2 atom stereocenters. The second kappa shape index (κ2) is 16.4. The van der Waals surface area contributed by atoms with Crippen LogP contribution in [0.15, 0.2) is 127 Å². The summed E-state index contributed by atoms with van der Waals surface area (Å²) >= 11 is 0. The summed E-state index contributed by atoms with van der Waals surface area (Å²) in [6.07, 6.45) is 4.32. The Hall–Kier alpha value is -4.65. The van der Waals surface area contributed by atoms with Gasteiger partial charge in [-0.3, -0.25) is 4.68 Å². The van der Waals surface area contributed by atoms with E-state index in [1.807, 2.05) is 54.6 Å². The maximum atomic E-state index is 6.79. The van der Waals surface area contributed by atoms with Gasteiger partial charge >= 0.3 is 0 Å². The average molecular weight is 643 g/mol. The largest absolute Gasteiger partial charge is 0.489 e. The third-order valence-corrected chi connectivity index (χ3v) is 8.68. The Bertz CT molecular complexity index is 1730. The molecular formula is C42H46N2O4. The maximum Gasteiger partial charge on any atom is 0.237 e.